The second kappa shape index (κ2) is 5.67. The third-order valence-corrected chi connectivity index (χ3v) is 4.40. The Hall–Kier alpha value is -2.18. The molecule has 3 rings (SSSR count). The molecule has 0 bridgehead atoms. The number of nitrogens with one attached hydrogen (secondary N) is 1. The fourth-order valence-electron chi connectivity index (χ4n) is 3.13. The predicted molar refractivity (Wildman–Crippen MR) is 82.5 cm³/mol. The average molecular weight is 277 g/mol. The first-order valence-corrected chi connectivity index (χ1v) is 7.36. The molecule has 0 spiro atoms. The van der Waals surface area contributed by atoms with Crippen LogP contribution in [0.1, 0.15) is 36.9 Å². The highest BCUT2D eigenvalue weighted by Gasteiger charge is 2.46. The lowest BCUT2D eigenvalue weighted by Crippen LogP contribution is -2.51. The van der Waals surface area contributed by atoms with Crippen LogP contribution in [0.15, 0.2) is 54.9 Å². The first-order chi connectivity index (χ1) is 10.2. The molecule has 1 unspecified atom stereocenters. The quantitative estimate of drug-likeness (QED) is 0.932. The summed E-state index contributed by atoms with van der Waals surface area (Å²) >= 11 is 0. The highest BCUT2D eigenvalue weighted by Crippen LogP contribution is 2.43. The zero-order valence-corrected chi connectivity index (χ0v) is 12.2. The largest absolute Gasteiger partial charge is 0.307 e. The van der Waals surface area contributed by atoms with Crippen molar-refractivity contribution in [2.24, 2.45) is 0 Å². The summed E-state index contributed by atoms with van der Waals surface area (Å²) in [6, 6.07) is 17.3. The van der Waals surface area contributed by atoms with Crippen LogP contribution in [0.2, 0.25) is 0 Å². The molecule has 1 atom stereocenters. The minimum atomic E-state index is -0.312. The Kier molecular flexibility index (Phi) is 3.72. The van der Waals surface area contributed by atoms with E-state index in [1.165, 1.54) is 5.56 Å². The van der Waals surface area contributed by atoms with Gasteiger partial charge in [0.15, 0.2) is 0 Å². The monoisotopic (exact) mass is 277 g/mol. The molecule has 0 saturated heterocycles. The molecule has 2 aromatic rings. The van der Waals surface area contributed by atoms with Crippen LogP contribution >= 0.6 is 0 Å². The van der Waals surface area contributed by atoms with E-state index in [2.05, 4.69) is 41.5 Å². The molecule has 1 aliphatic rings. The van der Waals surface area contributed by atoms with E-state index in [1.54, 1.807) is 6.20 Å². The van der Waals surface area contributed by atoms with Gasteiger partial charge >= 0.3 is 0 Å². The summed E-state index contributed by atoms with van der Waals surface area (Å²) in [5.74, 6) is 0. The summed E-state index contributed by atoms with van der Waals surface area (Å²) in [4.78, 5) is 4.16. The van der Waals surface area contributed by atoms with E-state index < -0.39 is 0 Å². The zero-order valence-electron chi connectivity index (χ0n) is 12.2. The van der Waals surface area contributed by atoms with Gasteiger partial charge < -0.3 is 5.32 Å². The molecule has 0 aliphatic heterocycles. The molecule has 3 nitrogen and oxygen atoms in total. The number of benzene rings is 1. The molecule has 1 aromatic heterocycles. The summed E-state index contributed by atoms with van der Waals surface area (Å²) in [6.07, 6.45) is 5.43. The van der Waals surface area contributed by atoms with Crippen molar-refractivity contribution in [3.8, 4) is 6.07 Å². The molecule has 1 fully saturated rings. The van der Waals surface area contributed by atoms with Crippen LogP contribution in [-0.4, -0.2) is 11.0 Å². The molecule has 1 N–H and O–H groups in total. The summed E-state index contributed by atoms with van der Waals surface area (Å²) in [5, 5.41) is 13.2. The van der Waals surface area contributed by atoms with Gasteiger partial charge in [-0.3, -0.25) is 4.98 Å². The number of hydrogen-bond donors (Lipinski definition) is 1. The Morgan fingerprint density at radius 3 is 2.62 bits per heavy atom. The summed E-state index contributed by atoms with van der Waals surface area (Å²) in [7, 11) is 0. The first kappa shape index (κ1) is 13.8. The Morgan fingerprint density at radius 2 is 2.00 bits per heavy atom. The van der Waals surface area contributed by atoms with Crippen molar-refractivity contribution in [1.29, 1.82) is 5.26 Å². The molecular formula is C18H19N3. The summed E-state index contributed by atoms with van der Waals surface area (Å²) in [5.41, 5.74) is 2.01. The molecule has 3 heteroatoms. The Morgan fingerprint density at radius 1 is 1.24 bits per heavy atom. The summed E-state index contributed by atoms with van der Waals surface area (Å²) in [6.45, 7) is 2.14. The van der Waals surface area contributed by atoms with Gasteiger partial charge in [-0.05, 0) is 37.0 Å². The lowest BCUT2D eigenvalue weighted by Gasteiger charge is -2.44. The van der Waals surface area contributed by atoms with E-state index in [0.29, 0.717) is 6.04 Å². The lowest BCUT2D eigenvalue weighted by molar-refractivity contribution is 0.213. The minimum absolute atomic E-state index is 0.260. The molecule has 1 heterocycles. The predicted octanol–water partition coefficient (Wildman–Crippen LogP) is 3.36. The molecule has 1 aliphatic carbocycles. The highest BCUT2D eigenvalue weighted by molar-refractivity contribution is 5.37. The van der Waals surface area contributed by atoms with Gasteiger partial charge in [-0.25, -0.2) is 0 Å². The number of pyridine rings is 1. The fourth-order valence-corrected chi connectivity index (χ4v) is 3.13. The van der Waals surface area contributed by atoms with Crippen molar-refractivity contribution in [3.63, 3.8) is 0 Å². The number of aromatic nitrogens is 1. The zero-order chi connectivity index (χ0) is 14.7. The maximum atomic E-state index is 9.57. The molecular weight excluding hydrogens is 258 g/mol. The Labute approximate surface area is 125 Å². The Balaban J connectivity index is 1.64. The molecule has 0 amide bonds. The van der Waals surface area contributed by atoms with E-state index in [9.17, 15) is 5.26 Å². The highest BCUT2D eigenvalue weighted by atomic mass is 15.0. The van der Waals surface area contributed by atoms with Crippen molar-refractivity contribution in [2.45, 2.75) is 37.3 Å². The van der Waals surface area contributed by atoms with Crippen LogP contribution in [0.3, 0.4) is 0 Å². The number of rotatable bonds is 4. The number of hydrogen-bond acceptors (Lipinski definition) is 3. The van der Waals surface area contributed by atoms with Crippen LogP contribution in [0.4, 0.5) is 0 Å². The fraction of sp³-hybridized carbons (Fsp3) is 0.333. The molecule has 106 valence electrons. The third kappa shape index (κ3) is 2.68. The van der Waals surface area contributed by atoms with Gasteiger partial charge in [0, 0.05) is 24.5 Å². The molecule has 1 saturated carbocycles. The Bertz CT molecular complexity index is 625. The van der Waals surface area contributed by atoms with Crippen LogP contribution < -0.4 is 5.32 Å². The van der Waals surface area contributed by atoms with Gasteiger partial charge in [-0.1, -0.05) is 36.4 Å². The van der Waals surface area contributed by atoms with E-state index in [1.807, 2.05) is 30.5 Å². The standard InChI is InChI=1S/C18H19N3/c1-14(15-6-5-9-20-12-15)21-17-10-18(11-17,13-19)16-7-3-2-4-8-16/h2-9,12,14,17,21H,10-11H2,1H3. The van der Waals surface area contributed by atoms with Crippen LogP contribution in [-0.2, 0) is 5.41 Å². The van der Waals surface area contributed by atoms with Gasteiger partial charge in [0.1, 0.15) is 0 Å². The van der Waals surface area contributed by atoms with Gasteiger partial charge in [-0.2, -0.15) is 5.26 Å². The molecule has 21 heavy (non-hydrogen) atoms. The van der Waals surface area contributed by atoms with Crippen molar-refractivity contribution in [2.75, 3.05) is 0 Å². The second-order valence-corrected chi connectivity index (χ2v) is 5.84. The topological polar surface area (TPSA) is 48.7 Å². The van der Waals surface area contributed by atoms with Crippen LogP contribution in [0.25, 0.3) is 0 Å². The number of nitrogens with zero attached hydrogens (tertiary/aromatic N) is 2. The maximum absolute atomic E-state index is 9.57. The van der Waals surface area contributed by atoms with Gasteiger partial charge in [0.05, 0.1) is 11.5 Å². The second-order valence-electron chi connectivity index (χ2n) is 5.84. The van der Waals surface area contributed by atoms with Crippen molar-refractivity contribution in [1.82, 2.24) is 10.3 Å². The maximum Gasteiger partial charge on any atom is 0.0852 e. The third-order valence-electron chi connectivity index (χ3n) is 4.40. The smallest absolute Gasteiger partial charge is 0.0852 e. The van der Waals surface area contributed by atoms with Gasteiger partial charge in [0.25, 0.3) is 0 Å². The van der Waals surface area contributed by atoms with Gasteiger partial charge in [0.2, 0.25) is 0 Å². The SMILES string of the molecule is CC(NC1CC(C#N)(c2ccccc2)C1)c1cccnc1. The first-order valence-electron chi connectivity index (χ1n) is 7.36. The minimum Gasteiger partial charge on any atom is -0.307 e. The van der Waals surface area contributed by atoms with Crippen molar-refractivity contribution >= 4 is 0 Å². The van der Waals surface area contributed by atoms with Gasteiger partial charge in [-0.15, -0.1) is 0 Å². The molecule has 0 radical (unpaired) electrons. The van der Waals surface area contributed by atoms with Crippen molar-refractivity contribution < 1.29 is 0 Å². The molecule has 1 aromatic carbocycles. The average Bonchev–Trinajstić information content (AvgIpc) is 2.52. The van der Waals surface area contributed by atoms with E-state index in [4.69, 9.17) is 0 Å². The van der Waals surface area contributed by atoms with E-state index >= 15 is 0 Å². The van der Waals surface area contributed by atoms with E-state index in [-0.39, 0.29) is 11.5 Å². The van der Waals surface area contributed by atoms with Crippen molar-refractivity contribution in [3.05, 3.63) is 66.0 Å². The van der Waals surface area contributed by atoms with E-state index in [0.717, 1.165) is 18.4 Å². The van der Waals surface area contributed by atoms with Crippen LogP contribution in [0, 0.1) is 11.3 Å². The lowest BCUT2D eigenvalue weighted by atomic mass is 9.62. The number of nitriles is 1. The summed E-state index contributed by atoms with van der Waals surface area (Å²) < 4.78 is 0. The normalized spacial score (nSPS) is 25.6. The van der Waals surface area contributed by atoms with Crippen LogP contribution in [0.5, 0.6) is 0 Å².